The molecule has 0 bridgehead atoms. The van der Waals surface area contributed by atoms with E-state index in [-0.39, 0.29) is 12.2 Å². The van der Waals surface area contributed by atoms with Crippen LogP contribution in [0.3, 0.4) is 0 Å². The number of halogens is 1. The Hall–Kier alpha value is -3.17. The van der Waals surface area contributed by atoms with E-state index in [1.165, 1.54) is 11.3 Å². The maximum Gasteiger partial charge on any atom is 0.338 e. The molecule has 9 heteroatoms. The topological polar surface area (TPSA) is 79.1 Å². The first-order valence-corrected chi connectivity index (χ1v) is 12.7. The molecule has 0 saturated heterocycles. The number of hydrogen-bond acceptors (Lipinski definition) is 7. The number of fused-ring (bicyclic) bond motifs is 1. The number of benzene rings is 2. The maximum absolute atomic E-state index is 13.7. The Morgan fingerprint density at radius 3 is 2.54 bits per heavy atom. The Kier molecular flexibility index (Phi) is 7.57. The van der Waals surface area contributed by atoms with Crippen LogP contribution in [0.5, 0.6) is 11.5 Å². The Morgan fingerprint density at radius 1 is 1.14 bits per heavy atom. The molecular weight excluding hydrogens is 532 g/mol. The molecule has 35 heavy (non-hydrogen) atoms. The van der Waals surface area contributed by atoms with Gasteiger partial charge < -0.3 is 14.2 Å². The van der Waals surface area contributed by atoms with Gasteiger partial charge in [-0.2, -0.15) is 0 Å². The maximum atomic E-state index is 13.7. The number of nitrogens with zero attached hydrogens (tertiary/aromatic N) is 2. The minimum Gasteiger partial charge on any atom is -0.493 e. The van der Waals surface area contributed by atoms with Gasteiger partial charge in [0.15, 0.2) is 16.3 Å². The number of thiazole rings is 1. The van der Waals surface area contributed by atoms with E-state index in [1.54, 1.807) is 37.7 Å². The lowest BCUT2D eigenvalue weighted by Gasteiger charge is -2.25. The van der Waals surface area contributed by atoms with Crippen molar-refractivity contribution in [2.45, 2.75) is 26.8 Å². The Bertz CT molecular complexity index is 1470. The van der Waals surface area contributed by atoms with Crippen molar-refractivity contribution in [2.24, 2.45) is 4.99 Å². The zero-order valence-corrected chi connectivity index (χ0v) is 22.2. The highest BCUT2D eigenvalue weighted by Crippen LogP contribution is 2.36. The van der Waals surface area contributed by atoms with Crippen LogP contribution >= 0.6 is 27.3 Å². The Labute approximate surface area is 215 Å². The van der Waals surface area contributed by atoms with Crippen LogP contribution in [0.25, 0.3) is 6.08 Å². The lowest BCUT2D eigenvalue weighted by Crippen LogP contribution is -2.40. The first kappa shape index (κ1) is 24.9. The molecule has 1 aliphatic heterocycles. The number of aromatic nitrogens is 1. The van der Waals surface area contributed by atoms with Gasteiger partial charge in [0.2, 0.25) is 0 Å². The number of allylic oxidation sites excluding steroid dienone is 1. The zero-order chi connectivity index (χ0) is 25.1. The van der Waals surface area contributed by atoms with E-state index in [4.69, 9.17) is 14.2 Å². The number of carbonyl (C=O) groups is 1. The van der Waals surface area contributed by atoms with Crippen molar-refractivity contribution in [1.29, 1.82) is 0 Å². The number of carbonyl (C=O) groups excluding carboxylic acids is 1. The average molecular weight is 557 g/mol. The summed E-state index contributed by atoms with van der Waals surface area (Å²) < 4.78 is 19.6. The molecule has 0 spiro atoms. The quantitative estimate of drug-likeness (QED) is 0.411. The molecular formula is C26H25BrN2O5S. The normalized spacial score (nSPS) is 15.5. The molecule has 0 aliphatic carbocycles. The van der Waals surface area contributed by atoms with E-state index in [2.05, 4.69) is 20.9 Å². The van der Waals surface area contributed by atoms with Gasteiger partial charge in [0.25, 0.3) is 5.56 Å². The minimum atomic E-state index is -0.720. The summed E-state index contributed by atoms with van der Waals surface area (Å²) >= 11 is 4.72. The number of ether oxygens (including phenoxy) is 3. The summed E-state index contributed by atoms with van der Waals surface area (Å²) in [5.74, 6) is 0.591. The van der Waals surface area contributed by atoms with Gasteiger partial charge in [-0.3, -0.25) is 9.36 Å². The minimum absolute atomic E-state index is 0.211. The first-order valence-electron chi connectivity index (χ1n) is 11.1. The van der Waals surface area contributed by atoms with Gasteiger partial charge >= 0.3 is 5.97 Å². The second kappa shape index (κ2) is 10.6. The summed E-state index contributed by atoms with van der Waals surface area (Å²) in [5, 5.41) is 0. The number of rotatable bonds is 7. The summed E-state index contributed by atoms with van der Waals surface area (Å²) in [5.41, 5.74) is 2.19. The molecule has 0 amide bonds. The highest BCUT2D eigenvalue weighted by Gasteiger charge is 2.33. The Morgan fingerprint density at radius 2 is 1.89 bits per heavy atom. The number of hydrogen-bond donors (Lipinski definition) is 0. The molecule has 4 rings (SSSR count). The second-order valence-corrected chi connectivity index (χ2v) is 9.62. The van der Waals surface area contributed by atoms with Crippen LogP contribution in [0.2, 0.25) is 0 Å². The molecule has 0 N–H and O–H groups in total. The molecule has 1 unspecified atom stereocenters. The summed E-state index contributed by atoms with van der Waals surface area (Å²) in [6.45, 7) is 6.04. The first-order chi connectivity index (χ1) is 16.9. The molecule has 0 radical (unpaired) electrons. The molecule has 1 atom stereocenters. The molecule has 0 fully saturated rings. The van der Waals surface area contributed by atoms with Crippen molar-refractivity contribution in [2.75, 3.05) is 20.3 Å². The molecule has 7 nitrogen and oxygen atoms in total. The van der Waals surface area contributed by atoms with Gasteiger partial charge in [-0.1, -0.05) is 45.5 Å². The van der Waals surface area contributed by atoms with Crippen molar-refractivity contribution in [1.82, 2.24) is 4.57 Å². The molecule has 3 aromatic rings. The fraction of sp³-hybridized carbons (Fsp3) is 0.269. The zero-order valence-electron chi connectivity index (χ0n) is 19.8. The standard InChI is InChI=1S/C26H25BrN2O5S/c1-5-33-20-14-17(9-12-19(20)32-4)23-22(25(31)34-6-2)15(3)28-26-29(23)24(30)21(35-26)13-16-7-10-18(27)11-8-16/h7-14,23H,5-6H2,1-4H3/b21-13-. The van der Waals surface area contributed by atoms with E-state index in [9.17, 15) is 9.59 Å². The molecule has 2 aromatic carbocycles. The van der Waals surface area contributed by atoms with E-state index in [0.717, 1.165) is 10.0 Å². The third kappa shape index (κ3) is 4.97. The van der Waals surface area contributed by atoms with Gasteiger partial charge in [0, 0.05) is 4.47 Å². The predicted octanol–water partition coefficient (Wildman–Crippen LogP) is 3.97. The van der Waals surface area contributed by atoms with E-state index >= 15 is 0 Å². The summed E-state index contributed by atoms with van der Waals surface area (Å²) in [6, 6.07) is 12.4. The van der Waals surface area contributed by atoms with Gasteiger partial charge in [-0.15, -0.1) is 0 Å². The fourth-order valence-electron chi connectivity index (χ4n) is 3.95. The molecule has 182 valence electrons. The van der Waals surface area contributed by atoms with Crippen molar-refractivity contribution in [3.05, 3.63) is 89.0 Å². The van der Waals surface area contributed by atoms with Crippen LogP contribution in [-0.2, 0) is 9.53 Å². The smallest absolute Gasteiger partial charge is 0.338 e. The largest absolute Gasteiger partial charge is 0.493 e. The van der Waals surface area contributed by atoms with Crippen molar-refractivity contribution >= 4 is 39.3 Å². The SMILES string of the molecule is CCOC(=O)C1=C(C)N=c2s/c(=C\c3ccc(Br)cc3)c(=O)n2C1c1ccc(OC)c(OCC)c1. The highest BCUT2D eigenvalue weighted by molar-refractivity contribution is 9.10. The number of esters is 1. The van der Waals surface area contributed by atoms with Gasteiger partial charge in [-0.25, -0.2) is 9.79 Å². The van der Waals surface area contributed by atoms with Crippen LogP contribution in [0.1, 0.15) is 37.9 Å². The van der Waals surface area contributed by atoms with Crippen LogP contribution in [-0.4, -0.2) is 30.9 Å². The number of methoxy groups -OCH3 is 1. The van der Waals surface area contributed by atoms with Crippen LogP contribution in [0.4, 0.5) is 0 Å². The van der Waals surface area contributed by atoms with E-state index in [0.29, 0.717) is 44.3 Å². The van der Waals surface area contributed by atoms with Crippen molar-refractivity contribution < 1.29 is 19.0 Å². The summed E-state index contributed by atoms with van der Waals surface area (Å²) in [4.78, 5) is 31.9. The molecule has 1 aromatic heterocycles. The monoisotopic (exact) mass is 556 g/mol. The van der Waals surface area contributed by atoms with Crippen molar-refractivity contribution in [3.63, 3.8) is 0 Å². The lowest BCUT2D eigenvalue weighted by atomic mass is 9.95. The van der Waals surface area contributed by atoms with Gasteiger partial charge in [-0.05, 0) is 62.2 Å². The fourth-order valence-corrected chi connectivity index (χ4v) is 5.26. The van der Waals surface area contributed by atoms with Crippen LogP contribution in [0.15, 0.2) is 68.0 Å². The Balaban J connectivity index is 1.96. The van der Waals surface area contributed by atoms with E-state index in [1.807, 2.05) is 43.3 Å². The second-order valence-electron chi connectivity index (χ2n) is 7.70. The predicted molar refractivity (Wildman–Crippen MR) is 139 cm³/mol. The van der Waals surface area contributed by atoms with E-state index < -0.39 is 12.0 Å². The van der Waals surface area contributed by atoms with Crippen LogP contribution < -0.4 is 24.4 Å². The average Bonchev–Trinajstić information content (AvgIpc) is 3.14. The molecule has 2 heterocycles. The van der Waals surface area contributed by atoms with Gasteiger partial charge in [0.1, 0.15) is 0 Å². The molecule has 1 aliphatic rings. The van der Waals surface area contributed by atoms with Crippen LogP contribution in [0, 0.1) is 0 Å². The third-order valence-corrected chi connectivity index (χ3v) is 7.00. The highest BCUT2D eigenvalue weighted by atomic mass is 79.9. The summed E-state index contributed by atoms with van der Waals surface area (Å²) in [6.07, 6.45) is 1.83. The lowest BCUT2D eigenvalue weighted by molar-refractivity contribution is -0.139. The van der Waals surface area contributed by atoms with Crippen molar-refractivity contribution in [3.8, 4) is 11.5 Å². The summed E-state index contributed by atoms with van der Waals surface area (Å²) in [7, 11) is 1.57. The van der Waals surface area contributed by atoms with Gasteiger partial charge in [0.05, 0.1) is 42.2 Å². The third-order valence-electron chi connectivity index (χ3n) is 5.49. The molecule has 0 saturated carbocycles.